The summed E-state index contributed by atoms with van der Waals surface area (Å²) in [6.45, 7) is 0. The second-order valence-corrected chi connectivity index (χ2v) is 14.1. The molecule has 0 bridgehead atoms. The molecule has 5 aromatic carbocycles. The van der Waals surface area contributed by atoms with Crippen molar-refractivity contribution >= 4 is 94.4 Å². The number of azo groups is 1. The molecule has 0 saturated carbocycles. The van der Waals surface area contributed by atoms with E-state index in [1.54, 1.807) is 36.4 Å². The number of carbonyl (C=O) groups is 1. The Morgan fingerprint density at radius 1 is 0.755 bits per heavy atom. The summed E-state index contributed by atoms with van der Waals surface area (Å²) >= 11 is 0.682. The van der Waals surface area contributed by atoms with Gasteiger partial charge < -0.3 is 26.0 Å². The molecule has 0 spiro atoms. The molecule has 0 aliphatic heterocycles. The number of aromatic hydroxyl groups is 2. The average Bonchev–Trinajstić information content (AvgIpc) is 3.09. The second kappa shape index (κ2) is 14.5. The van der Waals surface area contributed by atoms with Gasteiger partial charge in [-0.15, -0.1) is 14.6 Å². The van der Waals surface area contributed by atoms with Gasteiger partial charge in [-0.3, -0.25) is 9.11 Å². The number of benzene rings is 5. The zero-order valence-electron chi connectivity index (χ0n) is 26.0. The normalized spacial score (nSPS) is 12.1. The maximum atomic E-state index is 12.5. The highest BCUT2D eigenvalue weighted by atomic mass is 32.2. The second-order valence-electron chi connectivity index (χ2n) is 10.5. The van der Waals surface area contributed by atoms with Crippen molar-refractivity contribution in [1.29, 1.82) is 0 Å². The number of hydrogen-bond donors (Lipinski definition) is 8. The number of aromatic carboxylic acids is 1. The summed E-state index contributed by atoms with van der Waals surface area (Å²) in [5.41, 5.74) is -1.51. The molecule has 0 saturated heterocycles. The van der Waals surface area contributed by atoms with E-state index in [0.29, 0.717) is 33.4 Å². The Balaban J connectivity index is 1.50. The molecule has 1 heterocycles. The predicted octanol–water partition coefficient (Wildman–Crippen LogP) is 6.11. The first kappa shape index (κ1) is 36.7. The van der Waals surface area contributed by atoms with Crippen molar-refractivity contribution in [3.05, 3.63) is 84.4 Å². The Morgan fingerprint density at radius 2 is 1.43 bits per heavy atom. The van der Waals surface area contributed by atoms with Crippen LogP contribution in [0.5, 0.6) is 11.8 Å². The summed E-state index contributed by atoms with van der Waals surface area (Å²) in [5.74, 6) is -3.16. The van der Waals surface area contributed by atoms with E-state index < -0.39 is 65.1 Å². The standard InChI is InChI=1S/C30H21N7O13S3/c38-26-24-15(12-22(53(46,47)48)25(26)37-36-18-8-2-1-7-17(18)27(39)40)11-16(52(43,44)45)13-20(24)32-29-33-28(34-30(41)35-29)31-19-9-3-5-14-6-4-10-21(23(14)19)51-50-49-42/h1-13,38,42H,(H,39,40)(H,43,44,45)(H,46,47,48)(H3,31,32,33,34,35,41). The molecule has 0 aliphatic rings. The predicted molar refractivity (Wildman–Crippen MR) is 185 cm³/mol. The lowest BCUT2D eigenvalue weighted by Gasteiger charge is -2.15. The molecule has 8 N–H and O–H groups in total. The third kappa shape index (κ3) is 7.91. The Morgan fingerprint density at radius 3 is 2.09 bits per heavy atom. The first-order valence-corrected chi connectivity index (χ1v) is 17.9. The summed E-state index contributed by atoms with van der Waals surface area (Å²) in [7, 11) is -10.2. The number of anilines is 4. The first-order chi connectivity index (χ1) is 25.1. The van der Waals surface area contributed by atoms with Crippen LogP contribution in [0.2, 0.25) is 0 Å². The van der Waals surface area contributed by atoms with Crippen molar-refractivity contribution < 1.29 is 60.7 Å². The Labute approximate surface area is 301 Å². The zero-order chi connectivity index (χ0) is 38.1. The van der Waals surface area contributed by atoms with Crippen LogP contribution >= 0.6 is 12.0 Å². The van der Waals surface area contributed by atoms with E-state index in [4.69, 9.17) is 5.26 Å². The monoisotopic (exact) mass is 783 g/mol. The number of carboxylic acid groups (broad SMARTS) is 1. The lowest BCUT2D eigenvalue weighted by Crippen LogP contribution is -2.06. The van der Waals surface area contributed by atoms with Crippen LogP contribution in [0.1, 0.15) is 10.4 Å². The molecular weight excluding hydrogens is 763 g/mol. The van der Waals surface area contributed by atoms with Crippen LogP contribution in [0.15, 0.2) is 104 Å². The lowest BCUT2D eigenvalue weighted by molar-refractivity contribution is -0.432. The van der Waals surface area contributed by atoms with Crippen molar-refractivity contribution in [2.45, 2.75) is 14.7 Å². The Hall–Kier alpha value is -6.05. The molecule has 0 fully saturated rings. The van der Waals surface area contributed by atoms with Crippen LogP contribution < -0.4 is 10.6 Å². The minimum absolute atomic E-state index is 0.257. The molecular formula is C30H21N7O13S3. The number of phenols is 1. The Kier molecular flexibility index (Phi) is 10.1. The SMILES string of the molecule is O=C(O)c1ccccc1N=Nc1c(S(=O)(=O)O)cc2cc(S(=O)(=O)O)cc(Nc3nc(O)nc(Nc4cccc5cccc(SOOO)c45)n3)c2c1O. The van der Waals surface area contributed by atoms with Crippen LogP contribution in [-0.4, -0.2) is 67.4 Å². The van der Waals surface area contributed by atoms with E-state index in [-0.39, 0.29) is 28.0 Å². The highest BCUT2D eigenvalue weighted by molar-refractivity contribution is 7.94. The van der Waals surface area contributed by atoms with Crippen LogP contribution in [-0.2, 0) is 29.6 Å². The Bertz CT molecular complexity index is 2690. The summed E-state index contributed by atoms with van der Waals surface area (Å²) in [5, 5.41) is 57.2. The van der Waals surface area contributed by atoms with Gasteiger partial charge in [0.25, 0.3) is 20.2 Å². The highest BCUT2D eigenvalue weighted by Gasteiger charge is 2.26. The van der Waals surface area contributed by atoms with Gasteiger partial charge in [0.05, 0.1) is 28.2 Å². The number of phenolic OH excluding ortho intramolecular Hbond substituents is 1. The van der Waals surface area contributed by atoms with Crippen molar-refractivity contribution in [2.75, 3.05) is 10.6 Å². The maximum absolute atomic E-state index is 12.5. The maximum Gasteiger partial charge on any atom is 0.337 e. The fourth-order valence-corrected chi connectivity index (χ4v) is 6.85. The minimum Gasteiger partial charge on any atom is -0.505 e. The quantitative estimate of drug-likeness (QED) is 0.0228. The third-order valence-electron chi connectivity index (χ3n) is 7.23. The fourth-order valence-electron chi connectivity index (χ4n) is 5.10. The summed E-state index contributed by atoms with van der Waals surface area (Å²) < 4.78 is 74.0. The van der Waals surface area contributed by atoms with Gasteiger partial charge >= 0.3 is 12.0 Å². The number of aromatic nitrogens is 3. The van der Waals surface area contributed by atoms with E-state index in [1.807, 2.05) is 0 Å². The summed E-state index contributed by atoms with van der Waals surface area (Å²) in [6.07, 6.45) is 0. The number of rotatable bonds is 12. The van der Waals surface area contributed by atoms with Gasteiger partial charge in [-0.2, -0.15) is 31.8 Å². The molecule has 6 aromatic rings. The van der Waals surface area contributed by atoms with Crippen molar-refractivity contribution in [1.82, 2.24) is 15.0 Å². The van der Waals surface area contributed by atoms with Crippen molar-refractivity contribution in [3.8, 4) is 11.8 Å². The van der Waals surface area contributed by atoms with Crippen LogP contribution in [0.25, 0.3) is 21.5 Å². The van der Waals surface area contributed by atoms with Gasteiger partial charge in [0.1, 0.15) is 16.3 Å². The third-order valence-corrected chi connectivity index (χ3v) is 9.58. The summed E-state index contributed by atoms with van der Waals surface area (Å²) in [4.78, 5) is 22.1. The van der Waals surface area contributed by atoms with E-state index >= 15 is 0 Å². The van der Waals surface area contributed by atoms with Crippen molar-refractivity contribution in [3.63, 3.8) is 0 Å². The van der Waals surface area contributed by atoms with Gasteiger partial charge in [0, 0.05) is 21.4 Å². The van der Waals surface area contributed by atoms with E-state index in [0.717, 1.165) is 18.2 Å². The molecule has 0 atom stereocenters. The first-order valence-electron chi connectivity index (χ1n) is 14.3. The smallest absolute Gasteiger partial charge is 0.337 e. The highest BCUT2D eigenvalue weighted by Crippen LogP contribution is 2.46. The van der Waals surface area contributed by atoms with Gasteiger partial charge in [-0.1, -0.05) is 41.4 Å². The van der Waals surface area contributed by atoms with E-state index in [1.165, 1.54) is 24.3 Å². The number of nitrogens with zero attached hydrogens (tertiary/aromatic N) is 5. The molecule has 0 aliphatic carbocycles. The molecule has 0 unspecified atom stereocenters. The number of nitrogens with one attached hydrogen (secondary N) is 2. The molecule has 0 amide bonds. The molecule has 23 heteroatoms. The molecule has 1 aromatic heterocycles. The van der Waals surface area contributed by atoms with Crippen molar-refractivity contribution in [2.24, 2.45) is 10.2 Å². The van der Waals surface area contributed by atoms with Crippen LogP contribution in [0, 0.1) is 0 Å². The van der Waals surface area contributed by atoms with Gasteiger partial charge in [-0.05, 0) is 53.2 Å². The van der Waals surface area contributed by atoms with E-state index in [2.05, 4.69) is 45.2 Å². The van der Waals surface area contributed by atoms with Crippen LogP contribution in [0.3, 0.4) is 0 Å². The average molecular weight is 784 g/mol. The minimum atomic E-state index is -5.23. The molecule has 272 valence electrons. The van der Waals surface area contributed by atoms with Crippen LogP contribution in [0.4, 0.5) is 34.6 Å². The molecule has 0 radical (unpaired) electrons. The fraction of sp³-hybridized carbons (Fsp3) is 0. The van der Waals surface area contributed by atoms with E-state index in [9.17, 15) is 46.1 Å². The number of carboxylic acids is 1. The van der Waals surface area contributed by atoms with Gasteiger partial charge in [0.2, 0.25) is 11.9 Å². The number of fused-ring (bicyclic) bond motifs is 2. The summed E-state index contributed by atoms with van der Waals surface area (Å²) in [6, 6.07) is 16.9. The number of hydrogen-bond acceptors (Lipinski definition) is 18. The lowest BCUT2D eigenvalue weighted by atomic mass is 10.1. The van der Waals surface area contributed by atoms with Gasteiger partial charge in [0.15, 0.2) is 5.75 Å². The topological polar surface area (TPSA) is 313 Å². The molecule has 53 heavy (non-hydrogen) atoms. The van der Waals surface area contributed by atoms with Gasteiger partial charge in [-0.25, -0.2) is 10.1 Å². The molecule has 6 rings (SSSR count). The largest absolute Gasteiger partial charge is 0.505 e. The molecule has 20 nitrogen and oxygen atoms in total. The zero-order valence-corrected chi connectivity index (χ0v) is 28.5.